The first-order chi connectivity index (χ1) is 9.63. The molecule has 9 heteroatoms. The Morgan fingerprint density at radius 2 is 2.05 bits per heavy atom. The number of rotatable bonds is 6. The maximum atomic E-state index is 6.21. The first-order valence-electron chi connectivity index (χ1n) is 5.75. The monoisotopic (exact) mass is 379 g/mol. The highest BCUT2D eigenvalue weighted by molar-refractivity contribution is 9.10. The molecule has 0 aliphatic carbocycles. The Balaban J connectivity index is 2.24. The molecule has 20 heavy (non-hydrogen) atoms. The fourth-order valence-electron chi connectivity index (χ4n) is 1.60. The largest absolute Gasteiger partial charge is 0.383 e. The van der Waals surface area contributed by atoms with Crippen LogP contribution in [0.3, 0.4) is 0 Å². The zero-order chi connectivity index (χ0) is 14.5. The lowest BCUT2D eigenvalue weighted by Crippen LogP contribution is -2.21. The highest BCUT2D eigenvalue weighted by atomic mass is 79.9. The lowest BCUT2D eigenvalue weighted by molar-refractivity contribution is 0.199. The van der Waals surface area contributed by atoms with E-state index in [9.17, 15) is 0 Å². The Bertz CT molecular complexity index is 569. The summed E-state index contributed by atoms with van der Waals surface area (Å²) >= 11 is 15.8. The molecule has 2 rings (SSSR count). The molecule has 108 valence electrons. The normalized spacial score (nSPS) is 11.0. The Kier molecular flexibility index (Phi) is 5.74. The Labute approximate surface area is 134 Å². The standard InChI is InChI=1S/C11H12BrCl2N5O/c1-20-3-2-15-6-10-16-17-18-19(10)11-8(13)4-7(12)5-9(11)14/h4-5,15H,2-3,6H2,1H3. The first kappa shape index (κ1) is 15.7. The number of halogens is 3. The number of hydrogen-bond donors (Lipinski definition) is 1. The molecule has 0 radical (unpaired) electrons. The van der Waals surface area contributed by atoms with Gasteiger partial charge in [-0.25, -0.2) is 0 Å². The maximum absolute atomic E-state index is 6.21. The van der Waals surface area contributed by atoms with Gasteiger partial charge < -0.3 is 10.1 Å². The topological polar surface area (TPSA) is 64.9 Å². The zero-order valence-corrected chi connectivity index (χ0v) is 13.7. The number of nitrogens with zero attached hydrogens (tertiary/aromatic N) is 4. The number of benzene rings is 1. The van der Waals surface area contributed by atoms with Gasteiger partial charge in [-0.15, -0.1) is 5.10 Å². The van der Waals surface area contributed by atoms with Crippen LogP contribution in [0.15, 0.2) is 16.6 Å². The van der Waals surface area contributed by atoms with Crippen molar-refractivity contribution in [1.29, 1.82) is 0 Å². The van der Waals surface area contributed by atoms with Crippen molar-refractivity contribution < 1.29 is 4.74 Å². The predicted octanol–water partition coefficient (Wildman–Crippen LogP) is 2.47. The Morgan fingerprint density at radius 1 is 1.35 bits per heavy atom. The smallest absolute Gasteiger partial charge is 0.170 e. The summed E-state index contributed by atoms with van der Waals surface area (Å²) in [6.07, 6.45) is 0. The van der Waals surface area contributed by atoms with E-state index < -0.39 is 0 Å². The van der Waals surface area contributed by atoms with E-state index in [-0.39, 0.29) is 0 Å². The summed E-state index contributed by atoms with van der Waals surface area (Å²) in [5.41, 5.74) is 0.560. The average molecular weight is 381 g/mol. The predicted molar refractivity (Wildman–Crippen MR) is 80.5 cm³/mol. The first-order valence-corrected chi connectivity index (χ1v) is 7.30. The molecule has 1 N–H and O–H groups in total. The van der Waals surface area contributed by atoms with Crippen molar-refractivity contribution in [2.75, 3.05) is 20.3 Å². The van der Waals surface area contributed by atoms with Crippen molar-refractivity contribution in [3.8, 4) is 5.69 Å². The average Bonchev–Trinajstić information content (AvgIpc) is 2.82. The molecule has 2 aromatic rings. The van der Waals surface area contributed by atoms with Crippen molar-refractivity contribution >= 4 is 39.1 Å². The van der Waals surface area contributed by atoms with Crippen LogP contribution < -0.4 is 5.32 Å². The lowest BCUT2D eigenvalue weighted by atomic mass is 10.3. The van der Waals surface area contributed by atoms with Crippen molar-refractivity contribution in [1.82, 2.24) is 25.5 Å². The number of hydrogen-bond acceptors (Lipinski definition) is 5. The Morgan fingerprint density at radius 3 is 2.70 bits per heavy atom. The molecule has 1 aromatic carbocycles. The van der Waals surface area contributed by atoms with E-state index in [1.807, 2.05) is 0 Å². The van der Waals surface area contributed by atoms with Crippen molar-refractivity contribution in [2.45, 2.75) is 6.54 Å². The molecule has 1 heterocycles. The summed E-state index contributed by atoms with van der Waals surface area (Å²) in [6.45, 7) is 1.80. The highest BCUT2D eigenvalue weighted by Crippen LogP contribution is 2.32. The maximum Gasteiger partial charge on any atom is 0.170 e. The van der Waals surface area contributed by atoms with E-state index in [1.165, 1.54) is 4.68 Å². The molecule has 0 atom stereocenters. The Hall–Kier alpha value is -0.730. The molecule has 0 amide bonds. The molecule has 1 aromatic heterocycles. The molecule has 0 unspecified atom stereocenters. The third-order valence-corrected chi connectivity index (χ3v) is 3.53. The van der Waals surface area contributed by atoms with Crippen LogP contribution in [0.4, 0.5) is 0 Å². The number of methoxy groups -OCH3 is 1. The third-order valence-electron chi connectivity index (χ3n) is 2.49. The second kappa shape index (κ2) is 7.33. The van der Waals surface area contributed by atoms with E-state index in [2.05, 4.69) is 36.8 Å². The third kappa shape index (κ3) is 3.67. The van der Waals surface area contributed by atoms with Crippen LogP contribution in [0.2, 0.25) is 10.0 Å². The SMILES string of the molecule is COCCNCc1nnnn1-c1c(Cl)cc(Br)cc1Cl. The minimum absolute atomic E-state index is 0.467. The van der Waals surface area contributed by atoms with Gasteiger partial charge in [-0.05, 0) is 22.6 Å². The summed E-state index contributed by atoms with van der Waals surface area (Å²) in [7, 11) is 1.65. The molecular weight excluding hydrogens is 369 g/mol. The summed E-state index contributed by atoms with van der Waals surface area (Å²) in [5.74, 6) is 0.618. The zero-order valence-electron chi connectivity index (χ0n) is 10.6. The van der Waals surface area contributed by atoms with Gasteiger partial charge >= 0.3 is 0 Å². The van der Waals surface area contributed by atoms with Gasteiger partial charge in [-0.2, -0.15) is 4.68 Å². The summed E-state index contributed by atoms with van der Waals surface area (Å²) in [6, 6.07) is 3.49. The van der Waals surface area contributed by atoms with Crippen LogP contribution in [-0.4, -0.2) is 40.5 Å². The minimum atomic E-state index is 0.467. The fraction of sp³-hybridized carbons (Fsp3) is 0.364. The van der Waals surface area contributed by atoms with Gasteiger partial charge in [0.1, 0.15) is 5.69 Å². The summed E-state index contributed by atoms with van der Waals surface area (Å²) < 4.78 is 7.28. The van der Waals surface area contributed by atoms with E-state index in [0.717, 1.165) is 4.47 Å². The molecule has 0 saturated carbocycles. The minimum Gasteiger partial charge on any atom is -0.383 e. The fourth-order valence-corrected chi connectivity index (χ4v) is 2.97. The van der Waals surface area contributed by atoms with E-state index in [4.69, 9.17) is 27.9 Å². The molecular formula is C11H12BrCl2N5O. The molecule has 0 saturated heterocycles. The van der Waals surface area contributed by atoms with Crippen LogP contribution in [0.25, 0.3) is 5.69 Å². The van der Waals surface area contributed by atoms with Gasteiger partial charge in [-0.3, -0.25) is 0 Å². The number of nitrogens with one attached hydrogen (secondary N) is 1. The van der Waals surface area contributed by atoms with Crippen LogP contribution in [0, 0.1) is 0 Å². The molecule has 6 nitrogen and oxygen atoms in total. The van der Waals surface area contributed by atoms with Crippen molar-refractivity contribution in [3.63, 3.8) is 0 Å². The van der Waals surface area contributed by atoms with E-state index in [0.29, 0.717) is 41.3 Å². The molecule has 0 bridgehead atoms. The quantitative estimate of drug-likeness (QED) is 0.780. The van der Waals surface area contributed by atoms with Gasteiger partial charge in [-0.1, -0.05) is 39.1 Å². The second-order valence-corrected chi connectivity index (χ2v) is 5.62. The summed E-state index contributed by atoms with van der Waals surface area (Å²) in [4.78, 5) is 0. The van der Waals surface area contributed by atoms with Crippen molar-refractivity contribution in [3.05, 3.63) is 32.5 Å². The number of tetrazole rings is 1. The van der Waals surface area contributed by atoms with Crippen molar-refractivity contribution in [2.24, 2.45) is 0 Å². The van der Waals surface area contributed by atoms with Gasteiger partial charge in [0.15, 0.2) is 5.82 Å². The van der Waals surface area contributed by atoms with Gasteiger partial charge in [0, 0.05) is 18.1 Å². The number of aromatic nitrogens is 4. The molecule has 0 spiro atoms. The molecule has 0 aliphatic heterocycles. The van der Waals surface area contributed by atoms with Crippen LogP contribution in [-0.2, 0) is 11.3 Å². The number of ether oxygens (including phenoxy) is 1. The van der Waals surface area contributed by atoms with Gasteiger partial charge in [0.05, 0.1) is 23.2 Å². The molecule has 0 aliphatic rings. The van der Waals surface area contributed by atoms with E-state index >= 15 is 0 Å². The van der Waals surface area contributed by atoms with E-state index in [1.54, 1.807) is 19.2 Å². The van der Waals surface area contributed by atoms with Crippen LogP contribution in [0.1, 0.15) is 5.82 Å². The highest BCUT2D eigenvalue weighted by Gasteiger charge is 2.15. The van der Waals surface area contributed by atoms with Crippen LogP contribution >= 0.6 is 39.1 Å². The lowest BCUT2D eigenvalue weighted by Gasteiger charge is -2.10. The van der Waals surface area contributed by atoms with Gasteiger partial charge in [0.2, 0.25) is 0 Å². The van der Waals surface area contributed by atoms with Gasteiger partial charge in [0.25, 0.3) is 0 Å². The van der Waals surface area contributed by atoms with Crippen LogP contribution in [0.5, 0.6) is 0 Å². The summed E-state index contributed by atoms with van der Waals surface area (Å²) in [5, 5.41) is 15.7. The second-order valence-electron chi connectivity index (χ2n) is 3.89. The molecule has 0 fully saturated rings.